The SMILES string of the molecule is Cc1ccc(Cl)cc1NC(=O)c1cnn(-c2ccc(C(F)(F)F)cn2)c1C(C)C. The van der Waals surface area contributed by atoms with Crippen LogP contribution < -0.4 is 5.32 Å². The molecule has 0 unspecified atom stereocenters. The Bertz CT molecular complexity index is 1040. The van der Waals surface area contributed by atoms with Crippen molar-refractivity contribution in [3.63, 3.8) is 0 Å². The van der Waals surface area contributed by atoms with Gasteiger partial charge in [0.15, 0.2) is 5.82 Å². The van der Waals surface area contributed by atoms with Gasteiger partial charge in [0.25, 0.3) is 5.91 Å². The third-order valence-electron chi connectivity index (χ3n) is 4.34. The van der Waals surface area contributed by atoms with Crippen molar-refractivity contribution in [1.29, 1.82) is 0 Å². The molecule has 2 aromatic heterocycles. The standard InChI is InChI=1S/C20H18ClF3N4O/c1-11(2)18-15(19(29)27-16-8-14(21)6-4-12(16)3)10-26-28(18)17-7-5-13(9-25-17)20(22,23)24/h4-11H,1-3H3,(H,27,29). The molecule has 3 rings (SSSR count). The van der Waals surface area contributed by atoms with Crippen LogP contribution in [0, 0.1) is 6.92 Å². The maximum atomic E-state index is 12.9. The summed E-state index contributed by atoms with van der Waals surface area (Å²) in [6.07, 6.45) is -2.35. The van der Waals surface area contributed by atoms with E-state index in [-0.39, 0.29) is 11.7 Å². The largest absolute Gasteiger partial charge is 0.417 e. The number of amides is 1. The summed E-state index contributed by atoms with van der Waals surface area (Å²) in [5, 5.41) is 7.48. The van der Waals surface area contributed by atoms with E-state index in [9.17, 15) is 18.0 Å². The van der Waals surface area contributed by atoms with E-state index in [1.54, 1.807) is 18.2 Å². The fraction of sp³-hybridized carbons (Fsp3) is 0.250. The molecule has 3 aromatic rings. The van der Waals surface area contributed by atoms with Gasteiger partial charge in [-0.05, 0) is 42.7 Å². The number of hydrogen-bond acceptors (Lipinski definition) is 3. The maximum Gasteiger partial charge on any atom is 0.417 e. The number of anilines is 1. The Kier molecular flexibility index (Phi) is 5.66. The number of carbonyl (C=O) groups excluding carboxylic acids is 1. The molecular weight excluding hydrogens is 405 g/mol. The molecular formula is C20H18ClF3N4O. The van der Waals surface area contributed by atoms with E-state index < -0.39 is 17.6 Å². The highest BCUT2D eigenvalue weighted by molar-refractivity contribution is 6.31. The molecule has 0 radical (unpaired) electrons. The lowest BCUT2D eigenvalue weighted by molar-refractivity contribution is -0.137. The van der Waals surface area contributed by atoms with E-state index in [0.717, 1.165) is 17.8 Å². The maximum absolute atomic E-state index is 12.9. The number of halogens is 4. The summed E-state index contributed by atoms with van der Waals surface area (Å²) in [5.74, 6) is -0.334. The summed E-state index contributed by atoms with van der Waals surface area (Å²) in [6.45, 7) is 5.56. The third-order valence-corrected chi connectivity index (χ3v) is 4.57. The minimum absolute atomic E-state index is 0.136. The molecule has 5 nitrogen and oxygen atoms in total. The van der Waals surface area contributed by atoms with Gasteiger partial charge in [0, 0.05) is 16.9 Å². The molecule has 2 heterocycles. The van der Waals surface area contributed by atoms with Crippen LogP contribution in [0.4, 0.5) is 18.9 Å². The van der Waals surface area contributed by atoms with Crippen molar-refractivity contribution in [1.82, 2.24) is 14.8 Å². The van der Waals surface area contributed by atoms with Crippen molar-refractivity contribution in [2.45, 2.75) is 32.9 Å². The Labute approximate surface area is 170 Å². The number of alkyl halides is 3. The molecule has 0 aliphatic carbocycles. The van der Waals surface area contributed by atoms with Crippen LogP contribution in [-0.2, 0) is 6.18 Å². The van der Waals surface area contributed by atoms with Gasteiger partial charge in [-0.3, -0.25) is 4.79 Å². The molecule has 0 aliphatic heterocycles. The molecule has 1 N–H and O–H groups in total. The van der Waals surface area contributed by atoms with Gasteiger partial charge in [-0.15, -0.1) is 0 Å². The highest BCUT2D eigenvalue weighted by Gasteiger charge is 2.31. The molecule has 0 spiro atoms. The Balaban J connectivity index is 1.96. The van der Waals surface area contributed by atoms with E-state index in [4.69, 9.17) is 11.6 Å². The first kappa shape index (κ1) is 20.9. The van der Waals surface area contributed by atoms with E-state index in [1.807, 2.05) is 20.8 Å². The van der Waals surface area contributed by atoms with Crippen molar-refractivity contribution in [2.75, 3.05) is 5.32 Å². The van der Waals surface area contributed by atoms with Crippen molar-refractivity contribution < 1.29 is 18.0 Å². The molecule has 0 aliphatic rings. The zero-order valence-electron chi connectivity index (χ0n) is 15.9. The minimum atomic E-state index is -4.48. The Morgan fingerprint density at radius 3 is 2.48 bits per heavy atom. The first-order valence-corrected chi connectivity index (χ1v) is 9.14. The summed E-state index contributed by atoms with van der Waals surface area (Å²) < 4.78 is 39.7. The number of carbonyl (C=O) groups is 1. The van der Waals surface area contributed by atoms with Gasteiger partial charge in [-0.25, -0.2) is 9.67 Å². The lowest BCUT2D eigenvalue weighted by Gasteiger charge is -2.14. The van der Waals surface area contributed by atoms with Crippen LogP contribution in [0.15, 0.2) is 42.7 Å². The van der Waals surface area contributed by atoms with Crippen LogP contribution >= 0.6 is 11.6 Å². The van der Waals surface area contributed by atoms with Crippen LogP contribution in [-0.4, -0.2) is 20.7 Å². The van der Waals surface area contributed by atoms with Gasteiger partial charge in [0.2, 0.25) is 0 Å². The number of pyridine rings is 1. The van der Waals surface area contributed by atoms with Crippen LogP contribution in [0.1, 0.15) is 46.9 Å². The second-order valence-corrected chi connectivity index (χ2v) is 7.26. The third kappa shape index (κ3) is 4.42. The van der Waals surface area contributed by atoms with Crippen LogP contribution in [0.25, 0.3) is 5.82 Å². The second-order valence-electron chi connectivity index (χ2n) is 6.83. The molecule has 0 bridgehead atoms. The first-order chi connectivity index (χ1) is 13.6. The van der Waals surface area contributed by atoms with Gasteiger partial charge in [0.05, 0.1) is 23.0 Å². The topological polar surface area (TPSA) is 59.8 Å². The molecule has 0 saturated carbocycles. The minimum Gasteiger partial charge on any atom is -0.322 e. The number of hydrogen-bond donors (Lipinski definition) is 1. The van der Waals surface area contributed by atoms with E-state index in [0.29, 0.717) is 22.0 Å². The molecule has 0 fully saturated rings. The van der Waals surface area contributed by atoms with E-state index in [1.165, 1.54) is 16.9 Å². The molecule has 1 amide bonds. The number of benzene rings is 1. The molecule has 9 heteroatoms. The Morgan fingerprint density at radius 2 is 1.90 bits per heavy atom. The monoisotopic (exact) mass is 422 g/mol. The van der Waals surface area contributed by atoms with Crippen molar-refractivity contribution in [3.8, 4) is 5.82 Å². The van der Waals surface area contributed by atoms with Gasteiger partial charge in [0.1, 0.15) is 0 Å². The number of aromatic nitrogens is 3. The summed E-state index contributed by atoms with van der Waals surface area (Å²) in [5.41, 5.74) is 1.40. The van der Waals surface area contributed by atoms with Crippen LogP contribution in [0.2, 0.25) is 5.02 Å². The molecule has 1 aromatic carbocycles. The normalized spacial score (nSPS) is 11.7. The van der Waals surface area contributed by atoms with Crippen molar-refractivity contribution in [2.24, 2.45) is 0 Å². The lowest BCUT2D eigenvalue weighted by atomic mass is 10.0. The lowest BCUT2D eigenvalue weighted by Crippen LogP contribution is -2.16. The summed E-state index contributed by atoms with van der Waals surface area (Å²) in [7, 11) is 0. The predicted octanol–water partition coefficient (Wildman–Crippen LogP) is 5.62. The van der Waals surface area contributed by atoms with Crippen LogP contribution in [0.3, 0.4) is 0 Å². The van der Waals surface area contributed by atoms with E-state index in [2.05, 4.69) is 15.4 Å². The average molecular weight is 423 g/mol. The highest BCUT2D eigenvalue weighted by atomic mass is 35.5. The number of rotatable bonds is 4. The Hall–Kier alpha value is -2.87. The fourth-order valence-corrected chi connectivity index (χ4v) is 3.04. The number of aryl methyl sites for hydroxylation is 1. The van der Waals surface area contributed by atoms with Gasteiger partial charge < -0.3 is 5.32 Å². The summed E-state index contributed by atoms with van der Waals surface area (Å²) in [6, 6.07) is 7.32. The fourth-order valence-electron chi connectivity index (χ4n) is 2.87. The zero-order chi connectivity index (χ0) is 21.3. The van der Waals surface area contributed by atoms with Gasteiger partial charge in [-0.2, -0.15) is 18.3 Å². The Morgan fingerprint density at radius 1 is 1.17 bits per heavy atom. The van der Waals surface area contributed by atoms with Crippen LogP contribution in [0.5, 0.6) is 0 Å². The second kappa shape index (κ2) is 7.87. The molecule has 0 saturated heterocycles. The van der Waals surface area contributed by atoms with Gasteiger partial charge in [-0.1, -0.05) is 31.5 Å². The number of nitrogens with zero attached hydrogens (tertiary/aromatic N) is 3. The van der Waals surface area contributed by atoms with Gasteiger partial charge >= 0.3 is 6.18 Å². The summed E-state index contributed by atoms with van der Waals surface area (Å²) in [4.78, 5) is 16.7. The quantitative estimate of drug-likeness (QED) is 0.593. The first-order valence-electron chi connectivity index (χ1n) is 8.77. The molecule has 0 atom stereocenters. The average Bonchev–Trinajstić information content (AvgIpc) is 3.09. The number of nitrogens with one attached hydrogen (secondary N) is 1. The highest BCUT2D eigenvalue weighted by Crippen LogP contribution is 2.30. The van der Waals surface area contributed by atoms with E-state index >= 15 is 0 Å². The zero-order valence-corrected chi connectivity index (χ0v) is 16.6. The van der Waals surface area contributed by atoms with Crippen molar-refractivity contribution >= 4 is 23.2 Å². The predicted molar refractivity (Wildman–Crippen MR) is 105 cm³/mol. The smallest absolute Gasteiger partial charge is 0.322 e. The summed E-state index contributed by atoms with van der Waals surface area (Å²) >= 11 is 6.00. The molecule has 152 valence electrons. The van der Waals surface area contributed by atoms with Crippen molar-refractivity contribution in [3.05, 3.63) is 70.1 Å². The molecule has 29 heavy (non-hydrogen) atoms.